The first-order chi connectivity index (χ1) is 10.3. The van der Waals surface area contributed by atoms with Crippen molar-refractivity contribution in [2.45, 2.75) is 19.4 Å². The van der Waals surface area contributed by atoms with Crippen LogP contribution in [-0.4, -0.2) is 12.0 Å². The van der Waals surface area contributed by atoms with Crippen molar-refractivity contribution in [3.63, 3.8) is 0 Å². The van der Waals surface area contributed by atoms with E-state index in [0.29, 0.717) is 0 Å². The third-order valence-corrected chi connectivity index (χ3v) is 3.93. The van der Waals surface area contributed by atoms with Crippen LogP contribution >= 0.6 is 0 Å². The summed E-state index contributed by atoms with van der Waals surface area (Å²) in [5.74, 6) is 0. The molecule has 106 valence electrons. The van der Waals surface area contributed by atoms with Gasteiger partial charge < -0.3 is 5.32 Å². The molecule has 0 radical (unpaired) electrons. The number of fused-ring (bicyclic) bond motifs is 1. The third kappa shape index (κ3) is 2.96. The maximum atomic E-state index is 4.53. The molecule has 0 saturated carbocycles. The molecule has 2 heteroatoms. The van der Waals surface area contributed by atoms with Gasteiger partial charge in [0, 0.05) is 24.4 Å². The lowest BCUT2D eigenvalue weighted by atomic mass is 9.95. The van der Waals surface area contributed by atoms with Crippen molar-refractivity contribution in [3.8, 4) is 0 Å². The van der Waals surface area contributed by atoms with E-state index in [-0.39, 0.29) is 6.04 Å². The number of pyridine rings is 1. The largest absolute Gasteiger partial charge is 0.313 e. The van der Waals surface area contributed by atoms with E-state index in [1.54, 1.807) is 0 Å². The predicted octanol–water partition coefficient (Wildman–Crippen LogP) is 4.05. The molecule has 0 fully saturated rings. The zero-order valence-electron chi connectivity index (χ0n) is 12.5. The first-order valence-electron chi connectivity index (χ1n) is 7.34. The van der Waals surface area contributed by atoms with Gasteiger partial charge in [0.15, 0.2) is 0 Å². The molecule has 0 aliphatic rings. The van der Waals surface area contributed by atoms with E-state index in [0.717, 1.165) is 12.1 Å². The van der Waals surface area contributed by atoms with Gasteiger partial charge in [-0.25, -0.2) is 0 Å². The highest BCUT2D eigenvalue weighted by Gasteiger charge is 2.13. The average molecular weight is 276 g/mol. The molecule has 1 heterocycles. The van der Waals surface area contributed by atoms with E-state index in [9.17, 15) is 0 Å². The van der Waals surface area contributed by atoms with Gasteiger partial charge in [-0.2, -0.15) is 0 Å². The molecule has 2 aromatic carbocycles. The Hall–Kier alpha value is -2.19. The lowest BCUT2D eigenvalue weighted by Crippen LogP contribution is -2.19. The van der Waals surface area contributed by atoms with E-state index in [1.165, 1.54) is 21.9 Å². The van der Waals surface area contributed by atoms with Gasteiger partial charge in [-0.15, -0.1) is 0 Å². The van der Waals surface area contributed by atoms with Crippen LogP contribution in [0.4, 0.5) is 0 Å². The summed E-state index contributed by atoms with van der Waals surface area (Å²) in [6.45, 7) is 2.07. The fourth-order valence-electron chi connectivity index (χ4n) is 2.75. The molecule has 1 aromatic heterocycles. The van der Waals surface area contributed by atoms with Gasteiger partial charge in [-0.3, -0.25) is 4.98 Å². The quantitative estimate of drug-likeness (QED) is 0.777. The predicted molar refractivity (Wildman–Crippen MR) is 88.4 cm³/mol. The number of benzene rings is 2. The van der Waals surface area contributed by atoms with Crippen LogP contribution in [0.2, 0.25) is 0 Å². The molecule has 3 aromatic rings. The van der Waals surface area contributed by atoms with E-state index in [1.807, 2.05) is 13.2 Å². The number of aromatic nitrogens is 1. The van der Waals surface area contributed by atoms with Gasteiger partial charge in [0.25, 0.3) is 0 Å². The summed E-state index contributed by atoms with van der Waals surface area (Å²) in [5.41, 5.74) is 3.65. The standard InChI is InChI=1S/C19H20N2/c1-14-10-11-16(21-13-14)12-19(20-2)18-9-5-7-15-6-3-4-8-17(15)18/h3-11,13,19-20H,12H2,1-2H3. The lowest BCUT2D eigenvalue weighted by Gasteiger charge is -2.18. The molecule has 0 amide bonds. The smallest absolute Gasteiger partial charge is 0.0422 e. The van der Waals surface area contributed by atoms with Gasteiger partial charge in [0.1, 0.15) is 0 Å². The highest BCUT2D eigenvalue weighted by molar-refractivity contribution is 5.86. The van der Waals surface area contributed by atoms with Gasteiger partial charge in [0.2, 0.25) is 0 Å². The van der Waals surface area contributed by atoms with Crippen LogP contribution < -0.4 is 5.32 Å². The van der Waals surface area contributed by atoms with Crippen molar-refractivity contribution in [2.24, 2.45) is 0 Å². The third-order valence-electron chi connectivity index (χ3n) is 3.93. The molecule has 21 heavy (non-hydrogen) atoms. The minimum Gasteiger partial charge on any atom is -0.313 e. The SMILES string of the molecule is CNC(Cc1ccc(C)cn1)c1cccc2ccccc12. The number of nitrogens with one attached hydrogen (secondary N) is 1. The van der Waals surface area contributed by atoms with Crippen molar-refractivity contribution >= 4 is 10.8 Å². The van der Waals surface area contributed by atoms with Crippen LogP contribution in [0.5, 0.6) is 0 Å². The normalized spacial score (nSPS) is 12.5. The van der Waals surface area contributed by atoms with Crippen molar-refractivity contribution in [1.82, 2.24) is 10.3 Å². The minimum absolute atomic E-state index is 0.270. The number of aryl methyl sites for hydroxylation is 1. The molecule has 0 bridgehead atoms. The molecule has 3 rings (SSSR count). The Morgan fingerprint density at radius 3 is 2.57 bits per heavy atom. The van der Waals surface area contributed by atoms with E-state index in [2.05, 4.69) is 71.8 Å². The number of nitrogens with zero attached hydrogens (tertiary/aromatic N) is 1. The Bertz CT molecular complexity index is 727. The summed E-state index contributed by atoms with van der Waals surface area (Å²) in [6, 6.07) is 19.5. The highest BCUT2D eigenvalue weighted by atomic mass is 14.9. The zero-order chi connectivity index (χ0) is 14.7. The molecule has 1 N–H and O–H groups in total. The van der Waals surface area contributed by atoms with E-state index < -0.39 is 0 Å². The Kier molecular flexibility index (Phi) is 3.98. The van der Waals surface area contributed by atoms with Gasteiger partial charge in [-0.1, -0.05) is 48.5 Å². The van der Waals surface area contributed by atoms with E-state index >= 15 is 0 Å². The molecular weight excluding hydrogens is 256 g/mol. The fraction of sp³-hybridized carbons (Fsp3) is 0.211. The second-order valence-corrected chi connectivity index (χ2v) is 5.44. The monoisotopic (exact) mass is 276 g/mol. The molecule has 0 aliphatic carbocycles. The summed E-state index contributed by atoms with van der Waals surface area (Å²) < 4.78 is 0. The van der Waals surface area contributed by atoms with Crippen molar-refractivity contribution in [2.75, 3.05) is 7.05 Å². The summed E-state index contributed by atoms with van der Waals surface area (Å²) in [7, 11) is 2.01. The molecule has 1 unspecified atom stereocenters. The zero-order valence-corrected chi connectivity index (χ0v) is 12.5. The summed E-state index contributed by atoms with van der Waals surface area (Å²) >= 11 is 0. The second-order valence-electron chi connectivity index (χ2n) is 5.44. The van der Waals surface area contributed by atoms with Crippen LogP contribution in [0.3, 0.4) is 0 Å². The summed E-state index contributed by atoms with van der Waals surface area (Å²) in [5, 5.41) is 6.03. The Balaban J connectivity index is 1.96. The second kappa shape index (κ2) is 6.06. The number of likely N-dealkylation sites (N-methyl/N-ethyl adjacent to an activating group) is 1. The number of hydrogen-bond donors (Lipinski definition) is 1. The maximum absolute atomic E-state index is 4.53. The van der Waals surface area contributed by atoms with Crippen LogP contribution in [0.1, 0.15) is 22.9 Å². The maximum Gasteiger partial charge on any atom is 0.0422 e. The van der Waals surface area contributed by atoms with Gasteiger partial charge in [-0.05, 0) is 41.9 Å². The molecular formula is C19H20N2. The van der Waals surface area contributed by atoms with E-state index in [4.69, 9.17) is 0 Å². The molecule has 0 aliphatic heterocycles. The number of hydrogen-bond acceptors (Lipinski definition) is 2. The van der Waals surface area contributed by atoms with Crippen LogP contribution in [0, 0.1) is 6.92 Å². The van der Waals surface area contributed by atoms with Crippen LogP contribution in [0.15, 0.2) is 60.8 Å². The Morgan fingerprint density at radius 1 is 1.00 bits per heavy atom. The summed E-state index contributed by atoms with van der Waals surface area (Å²) in [6.07, 6.45) is 2.83. The first kappa shape index (κ1) is 13.8. The Morgan fingerprint density at radius 2 is 1.81 bits per heavy atom. The molecule has 0 saturated heterocycles. The first-order valence-corrected chi connectivity index (χ1v) is 7.34. The fourth-order valence-corrected chi connectivity index (χ4v) is 2.75. The van der Waals surface area contributed by atoms with Crippen LogP contribution in [-0.2, 0) is 6.42 Å². The molecule has 2 nitrogen and oxygen atoms in total. The van der Waals surface area contributed by atoms with Crippen molar-refractivity contribution in [3.05, 3.63) is 77.6 Å². The topological polar surface area (TPSA) is 24.9 Å². The van der Waals surface area contributed by atoms with Crippen molar-refractivity contribution < 1.29 is 0 Å². The van der Waals surface area contributed by atoms with Crippen LogP contribution in [0.25, 0.3) is 10.8 Å². The molecule has 1 atom stereocenters. The average Bonchev–Trinajstić information content (AvgIpc) is 2.54. The lowest BCUT2D eigenvalue weighted by molar-refractivity contribution is 0.588. The Labute approximate surface area is 125 Å². The van der Waals surface area contributed by atoms with Gasteiger partial charge >= 0.3 is 0 Å². The highest BCUT2D eigenvalue weighted by Crippen LogP contribution is 2.26. The number of rotatable bonds is 4. The summed E-state index contributed by atoms with van der Waals surface area (Å²) in [4.78, 5) is 4.53. The van der Waals surface area contributed by atoms with Gasteiger partial charge in [0.05, 0.1) is 0 Å². The van der Waals surface area contributed by atoms with Crippen molar-refractivity contribution in [1.29, 1.82) is 0 Å². The minimum atomic E-state index is 0.270. The molecule has 0 spiro atoms.